The van der Waals surface area contributed by atoms with E-state index in [0.717, 1.165) is 5.56 Å². The molecule has 0 aliphatic heterocycles. The van der Waals surface area contributed by atoms with E-state index >= 15 is 0 Å². The number of nitrogens with two attached hydrogens (primary N) is 1. The summed E-state index contributed by atoms with van der Waals surface area (Å²) in [7, 11) is 0. The number of hydrogen-bond donors (Lipinski definition) is 3. The van der Waals surface area contributed by atoms with Gasteiger partial charge in [0.05, 0.1) is 6.54 Å². The van der Waals surface area contributed by atoms with Gasteiger partial charge in [0.2, 0.25) is 5.91 Å². The van der Waals surface area contributed by atoms with Crippen LogP contribution in [-0.4, -0.2) is 17.6 Å². The van der Waals surface area contributed by atoms with Crippen molar-refractivity contribution in [1.82, 2.24) is 0 Å². The summed E-state index contributed by atoms with van der Waals surface area (Å²) in [5, 5.41) is 11.8. The largest absolute Gasteiger partial charge is 0.508 e. The zero-order chi connectivity index (χ0) is 9.84. The predicted molar refractivity (Wildman–Crippen MR) is 50.5 cm³/mol. The summed E-state index contributed by atoms with van der Waals surface area (Å²) in [6, 6.07) is 4.92. The summed E-state index contributed by atoms with van der Waals surface area (Å²) in [4.78, 5) is 10.9. The van der Waals surface area contributed by atoms with Gasteiger partial charge >= 0.3 is 0 Å². The highest BCUT2D eigenvalue weighted by Gasteiger charge is 2.01. The smallest absolute Gasteiger partial charge is 0.238 e. The first-order chi connectivity index (χ1) is 6.13. The van der Waals surface area contributed by atoms with Crippen molar-refractivity contribution >= 4 is 11.6 Å². The molecule has 0 spiro atoms. The fourth-order valence-electron chi connectivity index (χ4n) is 0.899. The standard InChI is InChI=1S/C9H12N2O2/c1-6-2-3-7(4-8(6)12)11-9(13)5-10/h2-4,12H,5,10H2,1H3,(H,11,13). The van der Waals surface area contributed by atoms with Gasteiger partial charge in [0.25, 0.3) is 0 Å². The van der Waals surface area contributed by atoms with Crippen molar-refractivity contribution in [2.75, 3.05) is 11.9 Å². The Balaban J connectivity index is 2.79. The minimum absolute atomic E-state index is 0.0609. The number of nitrogens with one attached hydrogen (secondary N) is 1. The van der Waals surface area contributed by atoms with Gasteiger partial charge in [-0.05, 0) is 18.6 Å². The fourth-order valence-corrected chi connectivity index (χ4v) is 0.899. The molecule has 1 aromatic rings. The summed E-state index contributed by atoms with van der Waals surface area (Å²) in [5.74, 6) is -0.113. The Morgan fingerprint density at radius 3 is 2.85 bits per heavy atom. The molecule has 0 radical (unpaired) electrons. The van der Waals surface area contributed by atoms with E-state index in [9.17, 15) is 9.90 Å². The number of aromatic hydroxyl groups is 1. The summed E-state index contributed by atoms with van der Waals surface area (Å²) in [6.45, 7) is 1.72. The summed E-state index contributed by atoms with van der Waals surface area (Å²) in [5.41, 5.74) is 6.44. The van der Waals surface area contributed by atoms with Crippen LogP contribution in [0, 0.1) is 6.92 Å². The molecule has 13 heavy (non-hydrogen) atoms. The molecule has 0 fully saturated rings. The predicted octanol–water partition coefficient (Wildman–Crippen LogP) is 0.598. The molecule has 0 heterocycles. The normalized spacial score (nSPS) is 9.69. The summed E-state index contributed by atoms with van der Waals surface area (Å²) < 4.78 is 0. The Hall–Kier alpha value is -1.55. The lowest BCUT2D eigenvalue weighted by Crippen LogP contribution is -2.21. The molecule has 0 atom stereocenters. The van der Waals surface area contributed by atoms with E-state index in [-0.39, 0.29) is 18.2 Å². The topological polar surface area (TPSA) is 75.4 Å². The van der Waals surface area contributed by atoms with Crippen LogP contribution in [0.1, 0.15) is 5.56 Å². The number of phenols is 1. The highest BCUT2D eigenvalue weighted by Crippen LogP contribution is 2.20. The van der Waals surface area contributed by atoms with Gasteiger partial charge in [-0.2, -0.15) is 0 Å². The molecular formula is C9H12N2O2. The minimum Gasteiger partial charge on any atom is -0.508 e. The summed E-state index contributed by atoms with van der Waals surface area (Å²) >= 11 is 0. The maximum atomic E-state index is 10.9. The second kappa shape index (κ2) is 3.91. The maximum Gasteiger partial charge on any atom is 0.238 e. The minimum atomic E-state index is -0.275. The number of aryl methyl sites for hydroxylation is 1. The van der Waals surface area contributed by atoms with Crippen molar-refractivity contribution in [2.45, 2.75) is 6.92 Å². The molecule has 0 bridgehead atoms. The third-order valence-electron chi connectivity index (χ3n) is 1.68. The van der Waals surface area contributed by atoms with Gasteiger partial charge in [0, 0.05) is 11.8 Å². The van der Waals surface area contributed by atoms with E-state index in [0.29, 0.717) is 5.69 Å². The molecule has 0 saturated heterocycles. The number of carbonyl (C=O) groups is 1. The van der Waals surface area contributed by atoms with Crippen LogP contribution in [0.5, 0.6) is 5.75 Å². The van der Waals surface area contributed by atoms with Crippen LogP contribution >= 0.6 is 0 Å². The first-order valence-corrected chi connectivity index (χ1v) is 3.93. The molecule has 1 rings (SSSR count). The third-order valence-corrected chi connectivity index (χ3v) is 1.68. The second-order valence-corrected chi connectivity index (χ2v) is 2.75. The van der Waals surface area contributed by atoms with Crippen LogP contribution < -0.4 is 11.1 Å². The van der Waals surface area contributed by atoms with E-state index in [1.165, 1.54) is 6.07 Å². The van der Waals surface area contributed by atoms with E-state index in [4.69, 9.17) is 5.73 Å². The molecule has 0 aromatic heterocycles. The van der Waals surface area contributed by atoms with Gasteiger partial charge in [0.1, 0.15) is 5.75 Å². The number of phenolic OH excluding ortho intramolecular Hbond substituents is 1. The average Bonchev–Trinajstić information content (AvgIpc) is 2.11. The number of amides is 1. The fraction of sp³-hybridized carbons (Fsp3) is 0.222. The van der Waals surface area contributed by atoms with E-state index < -0.39 is 0 Å². The van der Waals surface area contributed by atoms with Gasteiger partial charge in [-0.3, -0.25) is 4.79 Å². The molecule has 0 aliphatic rings. The monoisotopic (exact) mass is 180 g/mol. The van der Waals surface area contributed by atoms with Crippen molar-refractivity contribution in [3.05, 3.63) is 23.8 Å². The zero-order valence-corrected chi connectivity index (χ0v) is 7.37. The van der Waals surface area contributed by atoms with Crippen LogP contribution in [0.2, 0.25) is 0 Å². The number of hydrogen-bond acceptors (Lipinski definition) is 3. The van der Waals surface area contributed by atoms with Crippen LogP contribution in [-0.2, 0) is 4.79 Å². The number of anilines is 1. The van der Waals surface area contributed by atoms with Crippen LogP contribution in [0.4, 0.5) is 5.69 Å². The third kappa shape index (κ3) is 2.45. The molecular weight excluding hydrogens is 168 g/mol. The Bertz CT molecular complexity index is 323. The van der Waals surface area contributed by atoms with Gasteiger partial charge in [-0.15, -0.1) is 0 Å². The Kier molecular flexibility index (Phi) is 2.87. The molecule has 4 nitrogen and oxygen atoms in total. The van der Waals surface area contributed by atoms with E-state index in [2.05, 4.69) is 5.32 Å². The number of rotatable bonds is 2. The van der Waals surface area contributed by atoms with Gasteiger partial charge in [-0.1, -0.05) is 6.07 Å². The summed E-state index contributed by atoms with van der Waals surface area (Å²) in [6.07, 6.45) is 0. The lowest BCUT2D eigenvalue weighted by molar-refractivity contribution is -0.114. The van der Waals surface area contributed by atoms with Gasteiger partial charge < -0.3 is 16.2 Å². The van der Waals surface area contributed by atoms with Crippen LogP contribution in [0.25, 0.3) is 0 Å². The Labute approximate surface area is 76.4 Å². The Morgan fingerprint density at radius 2 is 2.31 bits per heavy atom. The zero-order valence-electron chi connectivity index (χ0n) is 7.37. The highest BCUT2D eigenvalue weighted by molar-refractivity contribution is 5.92. The number of benzene rings is 1. The molecule has 4 heteroatoms. The highest BCUT2D eigenvalue weighted by atomic mass is 16.3. The number of carbonyl (C=O) groups excluding carboxylic acids is 1. The van der Waals surface area contributed by atoms with Crippen LogP contribution in [0.3, 0.4) is 0 Å². The molecule has 4 N–H and O–H groups in total. The van der Waals surface area contributed by atoms with Crippen molar-refractivity contribution < 1.29 is 9.90 Å². The molecule has 0 aliphatic carbocycles. The van der Waals surface area contributed by atoms with Crippen molar-refractivity contribution in [2.24, 2.45) is 5.73 Å². The molecule has 1 aromatic carbocycles. The van der Waals surface area contributed by atoms with Crippen molar-refractivity contribution in [3.8, 4) is 5.75 Å². The first-order valence-electron chi connectivity index (χ1n) is 3.93. The average molecular weight is 180 g/mol. The van der Waals surface area contributed by atoms with E-state index in [1.54, 1.807) is 19.1 Å². The van der Waals surface area contributed by atoms with Gasteiger partial charge in [-0.25, -0.2) is 0 Å². The van der Waals surface area contributed by atoms with E-state index in [1.807, 2.05) is 0 Å². The lowest BCUT2D eigenvalue weighted by atomic mass is 10.2. The SMILES string of the molecule is Cc1ccc(NC(=O)CN)cc1O. The molecule has 0 saturated carbocycles. The molecule has 70 valence electrons. The lowest BCUT2D eigenvalue weighted by Gasteiger charge is -2.04. The second-order valence-electron chi connectivity index (χ2n) is 2.75. The molecule has 0 unspecified atom stereocenters. The Morgan fingerprint density at radius 1 is 1.62 bits per heavy atom. The first kappa shape index (κ1) is 9.54. The van der Waals surface area contributed by atoms with Gasteiger partial charge in [0.15, 0.2) is 0 Å². The van der Waals surface area contributed by atoms with Crippen molar-refractivity contribution in [3.63, 3.8) is 0 Å². The molecule has 1 amide bonds. The van der Waals surface area contributed by atoms with Crippen molar-refractivity contribution in [1.29, 1.82) is 0 Å². The quantitative estimate of drug-likeness (QED) is 0.623. The maximum absolute atomic E-state index is 10.9. The van der Waals surface area contributed by atoms with Crippen LogP contribution in [0.15, 0.2) is 18.2 Å².